The number of unbranched alkanes of at least 4 members (excludes halogenated alkanes) is 1. The van der Waals surface area contributed by atoms with Crippen LogP contribution in [0, 0.1) is 0 Å². The number of hydrogen-bond donors (Lipinski definition) is 0. The molecule has 0 heterocycles. The van der Waals surface area contributed by atoms with Crippen molar-refractivity contribution in [3.8, 4) is 0 Å². The van der Waals surface area contributed by atoms with Crippen LogP contribution in [0.5, 0.6) is 0 Å². The molecular weight excluding hydrogens is 103 g/mol. The predicted molar refractivity (Wildman–Crippen MR) is 20.6 cm³/mol. The third-order valence-corrected chi connectivity index (χ3v) is 0.500. The van der Waals surface area contributed by atoms with Crippen LogP contribution in [-0.2, 0) is 17.1 Å². The summed E-state index contributed by atoms with van der Waals surface area (Å²) in [6.07, 6.45) is 2.64. The largest absolute Gasteiger partial charge is 0.0654 e. The molecule has 0 saturated carbocycles. The Kier molecular flexibility index (Phi) is 16.1. The van der Waals surface area contributed by atoms with Crippen LogP contribution in [-0.4, -0.2) is 0 Å². The standard InChI is InChI=1S/C4H10.Mn/c1-3-4-2;/h3-4H2,1-2H3;. The molecule has 0 nitrogen and oxygen atoms in total. The summed E-state index contributed by atoms with van der Waals surface area (Å²) in [4.78, 5) is 0. The van der Waals surface area contributed by atoms with Crippen molar-refractivity contribution in [1.82, 2.24) is 0 Å². The van der Waals surface area contributed by atoms with Crippen LogP contribution in [0.15, 0.2) is 0 Å². The van der Waals surface area contributed by atoms with E-state index >= 15 is 0 Å². The van der Waals surface area contributed by atoms with Gasteiger partial charge in [-0.05, 0) is 0 Å². The fourth-order valence-corrected chi connectivity index (χ4v) is 0. The van der Waals surface area contributed by atoms with Crippen molar-refractivity contribution in [3.63, 3.8) is 0 Å². The predicted octanol–water partition coefficient (Wildman–Crippen LogP) is 1.80. The van der Waals surface area contributed by atoms with Gasteiger partial charge in [0.2, 0.25) is 0 Å². The Bertz CT molecular complexity index is 5.61. The van der Waals surface area contributed by atoms with Gasteiger partial charge in [0.05, 0.1) is 0 Å². The molecule has 33 valence electrons. The minimum Gasteiger partial charge on any atom is -0.0654 e. The van der Waals surface area contributed by atoms with Gasteiger partial charge in [0.1, 0.15) is 0 Å². The van der Waals surface area contributed by atoms with Gasteiger partial charge in [-0.3, -0.25) is 0 Å². The average Bonchev–Trinajstić information content (AvgIpc) is 1.37. The Morgan fingerprint density at radius 2 is 1.20 bits per heavy atom. The van der Waals surface area contributed by atoms with Crippen molar-refractivity contribution >= 4 is 0 Å². The quantitative estimate of drug-likeness (QED) is 0.455. The molecule has 0 aromatic carbocycles. The molecule has 1 heteroatoms. The molecule has 0 bridgehead atoms. The van der Waals surface area contributed by atoms with E-state index in [0.717, 1.165) is 0 Å². The van der Waals surface area contributed by atoms with E-state index in [1.165, 1.54) is 12.8 Å². The Balaban J connectivity index is 0. The third-order valence-electron chi connectivity index (χ3n) is 0.500. The molecule has 5 heavy (non-hydrogen) atoms. The maximum Gasteiger partial charge on any atom is 0 e. The molecule has 0 amide bonds. The van der Waals surface area contributed by atoms with E-state index < -0.39 is 0 Å². The molecule has 0 aromatic rings. The maximum absolute atomic E-state index is 2.18. The summed E-state index contributed by atoms with van der Waals surface area (Å²) < 4.78 is 0. The van der Waals surface area contributed by atoms with E-state index in [1.54, 1.807) is 0 Å². The summed E-state index contributed by atoms with van der Waals surface area (Å²) in [7, 11) is 0. The molecule has 0 fully saturated rings. The van der Waals surface area contributed by atoms with E-state index in [9.17, 15) is 0 Å². The molecule has 0 saturated heterocycles. The van der Waals surface area contributed by atoms with Gasteiger partial charge in [-0.1, -0.05) is 26.7 Å². The number of hydrogen-bond acceptors (Lipinski definition) is 0. The number of rotatable bonds is 1. The van der Waals surface area contributed by atoms with Crippen molar-refractivity contribution in [2.75, 3.05) is 0 Å². The Morgan fingerprint density at radius 1 is 1.00 bits per heavy atom. The first-order valence-electron chi connectivity index (χ1n) is 1.91. The van der Waals surface area contributed by atoms with Gasteiger partial charge in [-0.15, -0.1) is 0 Å². The molecule has 0 aromatic heterocycles. The van der Waals surface area contributed by atoms with Crippen molar-refractivity contribution in [3.05, 3.63) is 0 Å². The Labute approximate surface area is 44.4 Å². The zero-order valence-corrected chi connectivity index (χ0v) is 4.97. The van der Waals surface area contributed by atoms with Crippen LogP contribution in [0.4, 0.5) is 0 Å². The van der Waals surface area contributed by atoms with E-state index in [4.69, 9.17) is 0 Å². The monoisotopic (exact) mass is 113 g/mol. The summed E-state index contributed by atoms with van der Waals surface area (Å²) in [6.45, 7) is 4.36. The second-order valence-corrected chi connectivity index (χ2v) is 1.000. The minimum atomic E-state index is 0. The topological polar surface area (TPSA) is 0 Å². The maximum atomic E-state index is 2.18. The molecule has 0 unspecified atom stereocenters. The van der Waals surface area contributed by atoms with Crippen LogP contribution in [0.2, 0.25) is 0 Å². The Hall–Kier alpha value is 0.519. The first kappa shape index (κ1) is 9.10. The molecule has 0 atom stereocenters. The van der Waals surface area contributed by atoms with Gasteiger partial charge in [0, 0.05) is 17.1 Å². The fraction of sp³-hybridized carbons (Fsp3) is 1.00. The second kappa shape index (κ2) is 8.82. The molecule has 0 N–H and O–H groups in total. The minimum absolute atomic E-state index is 0. The molecule has 1 radical (unpaired) electrons. The summed E-state index contributed by atoms with van der Waals surface area (Å²) >= 11 is 0. The molecule has 0 rings (SSSR count). The van der Waals surface area contributed by atoms with Gasteiger partial charge in [-0.25, -0.2) is 0 Å². The van der Waals surface area contributed by atoms with Crippen LogP contribution in [0.1, 0.15) is 26.7 Å². The fourth-order valence-electron chi connectivity index (χ4n) is 0. The zero-order chi connectivity index (χ0) is 3.41. The molecule has 0 aliphatic rings. The average molecular weight is 113 g/mol. The zero-order valence-electron chi connectivity index (χ0n) is 3.79. The van der Waals surface area contributed by atoms with Gasteiger partial charge in [-0.2, -0.15) is 0 Å². The van der Waals surface area contributed by atoms with Crippen molar-refractivity contribution < 1.29 is 17.1 Å². The van der Waals surface area contributed by atoms with Crippen molar-refractivity contribution in [2.45, 2.75) is 26.7 Å². The second-order valence-electron chi connectivity index (χ2n) is 1.000. The molecular formula is C4H10Mn. The summed E-state index contributed by atoms with van der Waals surface area (Å²) in [5, 5.41) is 0. The van der Waals surface area contributed by atoms with Crippen molar-refractivity contribution in [2.24, 2.45) is 0 Å². The molecule has 0 spiro atoms. The molecule has 0 aliphatic heterocycles. The normalized spacial score (nSPS) is 6.00. The first-order chi connectivity index (χ1) is 1.91. The Morgan fingerprint density at radius 3 is 1.20 bits per heavy atom. The van der Waals surface area contributed by atoms with Crippen LogP contribution < -0.4 is 0 Å². The summed E-state index contributed by atoms with van der Waals surface area (Å²) in [5.74, 6) is 0. The van der Waals surface area contributed by atoms with Gasteiger partial charge in [0.25, 0.3) is 0 Å². The van der Waals surface area contributed by atoms with E-state index in [0.29, 0.717) is 0 Å². The molecule has 0 aliphatic carbocycles. The van der Waals surface area contributed by atoms with Crippen molar-refractivity contribution in [1.29, 1.82) is 0 Å². The van der Waals surface area contributed by atoms with Gasteiger partial charge in [0.15, 0.2) is 0 Å². The van der Waals surface area contributed by atoms with E-state index in [2.05, 4.69) is 13.8 Å². The van der Waals surface area contributed by atoms with Crippen LogP contribution in [0.25, 0.3) is 0 Å². The first-order valence-corrected chi connectivity index (χ1v) is 1.91. The van der Waals surface area contributed by atoms with Crippen LogP contribution in [0.3, 0.4) is 0 Å². The van der Waals surface area contributed by atoms with E-state index in [-0.39, 0.29) is 17.1 Å². The summed E-state index contributed by atoms with van der Waals surface area (Å²) in [6, 6.07) is 0. The van der Waals surface area contributed by atoms with Gasteiger partial charge < -0.3 is 0 Å². The van der Waals surface area contributed by atoms with Crippen LogP contribution >= 0.6 is 0 Å². The van der Waals surface area contributed by atoms with Gasteiger partial charge >= 0.3 is 0 Å². The summed E-state index contributed by atoms with van der Waals surface area (Å²) in [5.41, 5.74) is 0. The SMILES string of the molecule is CCCC.[Mn]. The van der Waals surface area contributed by atoms with E-state index in [1.807, 2.05) is 0 Å². The smallest absolute Gasteiger partial charge is 0 e. The third kappa shape index (κ3) is 12.4.